The Balaban J connectivity index is 1.67. The minimum absolute atomic E-state index is 0.0176. The Bertz CT molecular complexity index is 936. The van der Waals surface area contributed by atoms with Gasteiger partial charge in [-0.1, -0.05) is 48.2 Å². The Kier molecular flexibility index (Phi) is 4.67. The molecule has 26 heavy (non-hydrogen) atoms. The van der Waals surface area contributed by atoms with Gasteiger partial charge in [0.05, 0.1) is 17.4 Å². The minimum Gasteiger partial charge on any atom is -0.489 e. The summed E-state index contributed by atoms with van der Waals surface area (Å²) in [5.74, 6) is 0.904. The molecule has 4 rings (SSSR count). The van der Waals surface area contributed by atoms with Crippen molar-refractivity contribution >= 4 is 11.8 Å². The van der Waals surface area contributed by atoms with Crippen molar-refractivity contribution in [1.29, 1.82) is 0 Å². The zero-order chi connectivity index (χ0) is 17.9. The van der Waals surface area contributed by atoms with Crippen LogP contribution in [0.3, 0.4) is 0 Å². The molecule has 2 heterocycles. The lowest BCUT2D eigenvalue weighted by Gasteiger charge is -2.30. The van der Waals surface area contributed by atoms with E-state index < -0.39 is 0 Å². The van der Waals surface area contributed by atoms with Crippen molar-refractivity contribution in [2.75, 3.05) is 12.0 Å². The molecule has 0 bridgehead atoms. The fourth-order valence-corrected chi connectivity index (χ4v) is 3.65. The third kappa shape index (κ3) is 3.32. The molecule has 0 saturated heterocycles. The summed E-state index contributed by atoms with van der Waals surface area (Å²) in [5.41, 5.74) is 7.68. The second kappa shape index (κ2) is 7.25. The maximum absolute atomic E-state index is 5.96. The number of fused-ring (bicyclic) bond motifs is 1. The highest BCUT2D eigenvalue weighted by atomic mass is 32.2. The monoisotopic (exact) mass is 364 g/mol. The number of thioether (sulfide) groups is 1. The third-order valence-electron chi connectivity index (χ3n) is 4.46. The van der Waals surface area contributed by atoms with Crippen LogP contribution in [0.15, 0.2) is 70.5 Å². The van der Waals surface area contributed by atoms with Gasteiger partial charge in [-0.3, -0.25) is 5.43 Å². The van der Waals surface area contributed by atoms with E-state index in [1.165, 1.54) is 4.90 Å². The zero-order valence-electron chi connectivity index (χ0n) is 14.7. The minimum atomic E-state index is -0.0176. The summed E-state index contributed by atoms with van der Waals surface area (Å²) < 4.78 is 5.96. The van der Waals surface area contributed by atoms with Crippen LogP contribution in [0.1, 0.15) is 23.0 Å². The molecule has 3 aromatic rings. The summed E-state index contributed by atoms with van der Waals surface area (Å²) in [6.07, 6.45) is 0. The predicted octanol–water partition coefficient (Wildman–Crippen LogP) is 4.25. The van der Waals surface area contributed by atoms with Crippen molar-refractivity contribution in [3.8, 4) is 5.75 Å². The fourth-order valence-electron chi connectivity index (χ4n) is 2.84. The molecule has 0 spiro atoms. The van der Waals surface area contributed by atoms with Crippen molar-refractivity contribution in [3.05, 3.63) is 82.5 Å². The molecule has 0 saturated carbocycles. The van der Waals surface area contributed by atoms with E-state index in [4.69, 9.17) is 4.74 Å². The molecule has 1 aliphatic heterocycles. The van der Waals surface area contributed by atoms with Crippen molar-refractivity contribution < 1.29 is 4.74 Å². The first kappa shape index (κ1) is 16.7. The molecule has 0 amide bonds. The summed E-state index contributed by atoms with van der Waals surface area (Å²) >= 11 is 1.70. The lowest BCUT2D eigenvalue weighted by molar-refractivity contribution is 0.319. The number of hydrogen-bond donors (Lipinski definition) is 1. The van der Waals surface area contributed by atoms with Gasteiger partial charge < -0.3 is 4.74 Å². The molecule has 6 heteroatoms. The maximum atomic E-state index is 5.96. The number of hydrogen-bond acceptors (Lipinski definition) is 5. The average molecular weight is 364 g/mol. The number of ether oxygens (including phenoxy) is 1. The highest BCUT2D eigenvalue weighted by Crippen LogP contribution is 2.37. The molecule has 5 nitrogen and oxygen atoms in total. The second-order valence-electron chi connectivity index (χ2n) is 6.18. The Hall–Kier alpha value is -2.73. The van der Waals surface area contributed by atoms with Crippen molar-refractivity contribution in [1.82, 2.24) is 15.1 Å². The van der Waals surface area contributed by atoms with Crippen molar-refractivity contribution in [2.45, 2.75) is 24.8 Å². The zero-order valence-corrected chi connectivity index (χ0v) is 15.5. The largest absolute Gasteiger partial charge is 0.489 e. The van der Waals surface area contributed by atoms with Crippen LogP contribution < -0.4 is 10.2 Å². The van der Waals surface area contributed by atoms with Gasteiger partial charge in [-0.05, 0) is 42.7 Å². The van der Waals surface area contributed by atoms with Gasteiger partial charge in [0.1, 0.15) is 12.4 Å². The van der Waals surface area contributed by atoms with Gasteiger partial charge in [0.2, 0.25) is 0 Å². The molecule has 1 aromatic heterocycles. The van der Waals surface area contributed by atoms with Crippen LogP contribution in [0.25, 0.3) is 0 Å². The fraction of sp³-hybridized carbons (Fsp3) is 0.200. The van der Waals surface area contributed by atoms with E-state index in [1.807, 2.05) is 50.2 Å². The molecule has 0 radical (unpaired) electrons. The topological polar surface area (TPSA) is 52.0 Å². The molecule has 1 atom stereocenters. The Morgan fingerprint density at radius 2 is 1.88 bits per heavy atom. The summed E-state index contributed by atoms with van der Waals surface area (Å²) in [6.45, 7) is 4.51. The number of rotatable bonds is 4. The Morgan fingerprint density at radius 3 is 2.65 bits per heavy atom. The first-order valence-corrected chi connectivity index (χ1v) is 9.38. The Labute approximate surface area is 157 Å². The van der Waals surface area contributed by atoms with Crippen LogP contribution in [0, 0.1) is 13.8 Å². The number of aromatic nitrogens is 3. The van der Waals surface area contributed by atoms with Crippen LogP contribution in [-0.4, -0.2) is 21.7 Å². The lowest BCUT2D eigenvalue weighted by atomic mass is 9.97. The number of nitrogens with one attached hydrogen (secondary N) is 1. The van der Waals surface area contributed by atoms with E-state index in [0.29, 0.717) is 6.61 Å². The number of benzene rings is 2. The van der Waals surface area contributed by atoms with Crippen molar-refractivity contribution in [2.24, 2.45) is 0 Å². The van der Waals surface area contributed by atoms with Gasteiger partial charge >= 0.3 is 0 Å². The van der Waals surface area contributed by atoms with Crippen LogP contribution in [0.2, 0.25) is 0 Å². The lowest BCUT2D eigenvalue weighted by Crippen LogP contribution is -2.30. The SMILES string of the molecule is Cc1nnn(NC2/C(=C/Sc3ccccc3)COc3ccccc32)c1C. The summed E-state index contributed by atoms with van der Waals surface area (Å²) in [4.78, 5) is 2.95. The van der Waals surface area contributed by atoms with E-state index in [1.54, 1.807) is 16.6 Å². The first-order chi connectivity index (χ1) is 12.7. The van der Waals surface area contributed by atoms with Crippen LogP contribution >= 0.6 is 11.8 Å². The van der Waals surface area contributed by atoms with Crippen molar-refractivity contribution in [3.63, 3.8) is 0 Å². The normalized spacial score (nSPS) is 17.6. The van der Waals surface area contributed by atoms with E-state index in [0.717, 1.165) is 28.3 Å². The summed E-state index contributed by atoms with van der Waals surface area (Å²) in [5, 5.41) is 10.5. The van der Waals surface area contributed by atoms with Gasteiger partial charge in [0, 0.05) is 16.0 Å². The number of para-hydroxylation sites is 1. The Morgan fingerprint density at radius 1 is 1.12 bits per heavy atom. The number of aryl methyl sites for hydroxylation is 1. The van der Waals surface area contributed by atoms with E-state index >= 15 is 0 Å². The molecular formula is C20H20N4OS. The molecule has 132 valence electrons. The maximum Gasteiger partial charge on any atom is 0.125 e. The molecule has 1 N–H and O–H groups in total. The van der Waals surface area contributed by atoms with E-state index in [2.05, 4.69) is 39.3 Å². The van der Waals surface area contributed by atoms with Gasteiger partial charge in [-0.25, -0.2) is 0 Å². The summed E-state index contributed by atoms with van der Waals surface area (Å²) in [7, 11) is 0. The third-order valence-corrected chi connectivity index (χ3v) is 5.43. The molecule has 1 aliphatic rings. The molecular weight excluding hydrogens is 344 g/mol. The van der Waals surface area contributed by atoms with E-state index in [-0.39, 0.29) is 6.04 Å². The first-order valence-electron chi connectivity index (χ1n) is 8.50. The van der Waals surface area contributed by atoms with Crippen LogP contribution in [-0.2, 0) is 0 Å². The predicted molar refractivity (Wildman–Crippen MR) is 104 cm³/mol. The van der Waals surface area contributed by atoms with Gasteiger partial charge in [-0.2, -0.15) is 4.79 Å². The highest BCUT2D eigenvalue weighted by molar-refractivity contribution is 8.02. The molecule has 1 unspecified atom stereocenters. The number of nitrogens with zero attached hydrogens (tertiary/aromatic N) is 3. The smallest absolute Gasteiger partial charge is 0.125 e. The summed E-state index contributed by atoms with van der Waals surface area (Å²) in [6, 6.07) is 18.4. The van der Waals surface area contributed by atoms with E-state index in [9.17, 15) is 0 Å². The highest BCUT2D eigenvalue weighted by Gasteiger charge is 2.26. The van der Waals surface area contributed by atoms with Gasteiger partial charge in [0.25, 0.3) is 0 Å². The molecule has 2 aromatic carbocycles. The molecule has 0 fully saturated rings. The van der Waals surface area contributed by atoms with Crippen LogP contribution in [0.4, 0.5) is 0 Å². The standard InChI is InChI=1S/C20H20N4OS/c1-14-15(2)24(23-21-14)22-20-16(13-26-17-8-4-3-5-9-17)12-25-19-11-7-6-10-18(19)20/h3-11,13,20,22H,12H2,1-2H3/b16-13+. The quantitative estimate of drug-likeness (QED) is 0.702. The van der Waals surface area contributed by atoms with Crippen LogP contribution in [0.5, 0.6) is 5.75 Å². The average Bonchev–Trinajstić information content (AvgIpc) is 3.00. The van der Waals surface area contributed by atoms with Gasteiger partial charge in [-0.15, -0.1) is 5.10 Å². The van der Waals surface area contributed by atoms with Gasteiger partial charge in [0.15, 0.2) is 0 Å². The second-order valence-corrected chi connectivity index (χ2v) is 7.13. The molecule has 0 aliphatic carbocycles.